The fourth-order valence-corrected chi connectivity index (χ4v) is 2.47. The van der Waals surface area contributed by atoms with Crippen molar-refractivity contribution >= 4 is 17.5 Å². The molecule has 144 valence electrons. The monoisotopic (exact) mass is 372 g/mol. The van der Waals surface area contributed by atoms with E-state index in [9.17, 15) is 24.6 Å². The lowest BCUT2D eigenvalue weighted by Gasteiger charge is -2.16. The highest BCUT2D eigenvalue weighted by Crippen LogP contribution is 2.35. The first kappa shape index (κ1) is 21.9. The summed E-state index contributed by atoms with van der Waals surface area (Å²) in [5, 5.41) is 27.5. The molecule has 6 nitrogen and oxygen atoms in total. The molecule has 0 aliphatic heterocycles. The van der Waals surface area contributed by atoms with Crippen molar-refractivity contribution < 1.29 is 29.7 Å². The van der Waals surface area contributed by atoms with Crippen molar-refractivity contribution in [2.75, 3.05) is 0 Å². The predicted octanol–water partition coefficient (Wildman–Crippen LogP) is 4.19. The van der Waals surface area contributed by atoms with Gasteiger partial charge in [0.2, 0.25) is 0 Å². The lowest BCUT2D eigenvalue weighted by Crippen LogP contribution is -2.17. The molecule has 0 heterocycles. The van der Waals surface area contributed by atoms with Gasteiger partial charge in [-0.2, -0.15) is 0 Å². The molecular formula is C21H24O6. The maximum atomic E-state index is 12.3. The number of carboxylic acid groups (broad SMARTS) is 1. The number of aliphatic carboxylic acids is 1. The topological polar surface area (TPSA) is 112 Å². The molecule has 0 bridgehead atoms. The third kappa shape index (κ3) is 6.26. The molecular weight excluding hydrogens is 348 g/mol. The molecule has 0 unspecified atom stereocenters. The highest BCUT2D eigenvalue weighted by Gasteiger charge is 2.30. The molecule has 0 radical (unpaired) electrons. The van der Waals surface area contributed by atoms with Crippen LogP contribution in [0.1, 0.15) is 61.3 Å². The quantitative estimate of drug-likeness (QED) is 0.415. The van der Waals surface area contributed by atoms with Gasteiger partial charge in [-0.1, -0.05) is 17.2 Å². The van der Waals surface area contributed by atoms with Gasteiger partial charge in [-0.25, -0.2) is 4.79 Å². The number of carboxylic acids is 1. The Kier molecular flexibility index (Phi) is 7.72. The summed E-state index contributed by atoms with van der Waals surface area (Å²) in [5.41, 5.74) is 2.11. The Bertz CT molecular complexity index is 848. The molecule has 3 N–H and O–H groups in total. The Hall–Kier alpha value is -3.15. The molecule has 1 aromatic carbocycles. The van der Waals surface area contributed by atoms with Crippen LogP contribution in [0.25, 0.3) is 0 Å². The number of hydrogen-bond donors (Lipinski definition) is 3. The van der Waals surface area contributed by atoms with Gasteiger partial charge < -0.3 is 15.3 Å². The van der Waals surface area contributed by atoms with Crippen molar-refractivity contribution in [3.63, 3.8) is 0 Å². The highest BCUT2D eigenvalue weighted by molar-refractivity contribution is 6.26. The van der Waals surface area contributed by atoms with Gasteiger partial charge >= 0.3 is 5.97 Å². The van der Waals surface area contributed by atoms with E-state index in [0.717, 1.165) is 11.1 Å². The summed E-state index contributed by atoms with van der Waals surface area (Å²) < 4.78 is 0. The van der Waals surface area contributed by atoms with Crippen LogP contribution in [0.15, 0.2) is 47.1 Å². The van der Waals surface area contributed by atoms with Gasteiger partial charge in [0.1, 0.15) is 11.5 Å². The van der Waals surface area contributed by atoms with Crippen LogP contribution in [0, 0.1) is 0 Å². The number of carbonyl (C=O) groups is 3. The molecule has 1 aliphatic rings. The first-order chi connectivity index (χ1) is 12.5. The van der Waals surface area contributed by atoms with E-state index in [1.807, 2.05) is 19.9 Å². The normalized spacial score (nSPS) is 12.2. The van der Waals surface area contributed by atoms with Gasteiger partial charge in [-0.05, 0) is 58.7 Å². The molecule has 0 saturated carbocycles. The zero-order chi connectivity index (χ0) is 20.7. The Morgan fingerprint density at radius 1 is 0.963 bits per heavy atom. The maximum absolute atomic E-state index is 12.3. The number of Topliss-reactive ketones (excluding diaryl/α,β-unsaturated/α-hetero) is 1. The number of phenols is 2. The first-order valence-corrected chi connectivity index (χ1v) is 8.40. The maximum Gasteiger partial charge on any atom is 0.328 e. The minimum Gasteiger partial charge on any atom is -0.507 e. The molecule has 0 fully saturated rings. The van der Waals surface area contributed by atoms with Gasteiger partial charge in [0.05, 0.1) is 11.1 Å². The van der Waals surface area contributed by atoms with Crippen molar-refractivity contribution in [2.24, 2.45) is 0 Å². The van der Waals surface area contributed by atoms with Gasteiger partial charge in [0.15, 0.2) is 11.6 Å². The van der Waals surface area contributed by atoms with E-state index in [0.29, 0.717) is 18.4 Å². The zero-order valence-corrected chi connectivity index (χ0v) is 15.9. The number of hydrogen-bond acceptors (Lipinski definition) is 5. The summed E-state index contributed by atoms with van der Waals surface area (Å²) in [7, 11) is 0. The standard InChI is InChI=1S/C16H16O4.C5H8O2/c1-9(2)4-3-5-10-8-13(19)14-11(17)6-7-12(18)15(14)16(10)20;1-4(2)3-5(6)7/h4,6-8,17-18H,3,5H2,1-2H3;3H,1-2H3,(H,6,7). The van der Waals surface area contributed by atoms with E-state index in [2.05, 4.69) is 0 Å². The van der Waals surface area contributed by atoms with Gasteiger partial charge in [0, 0.05) is 11.6 Å². The molecule has 1 aliphatic carbocycles. The number of aromatic hydroxyl groups is 2. The van der Waals surface area contributed by atoms with Gasteiger partial charge in [-0.15, -0.1) is 0 Å². The SMILES string of the molecule is CC(C)=CC(=O)O.CC(C)=CCCC1=CC(=O)c2c(O)ccc(O)c2C1=O. The highest BCUT2D eigenvalue weighted by atomic mass is 16.4. The third-order valence-corrected chi connectivity index (χ3v) is 3.61. The van der Waals surface area contributed by atoms with Crippen LogP contribution >= 0.6 is 0 Å². The largest absolute Gasteiger partial charge is 0.507 e. The lowest BCUT2D eigenvalue weighted by molar-refractivity contribution is -0.131. The smallest absolute Gasteiger partial charge is 0.328 e. The molecule has 0 saturated heterocycles. The Morgan fingerprint density at radius 2 is 1.52 bits per heavy atom. The molecule has 0 aromatic heterocycles. The van der Waals surface area contributed by atoms with Crippen LogP contribution in [0.4, 0.5) is 0 Å². The van der Waals surface area contributed by atoms with Crippen molar-refractivity contribution in [1.29, 1.82) is 0 Å². The number of benzene rings is 1. The summed E-state index contributed by atoms with van der Waals surface area (Å²) >= 11 is 0. The average Bonchev–Trinajstić information content (AvgIpc) is 2.53. The molecule has 0 atom stereocenters. The average molecular weight is 372 g/mol. The lowest BCUT2D eigenvalue weighted by atomic mass is 9.86. The van der Waals surface area contributed by atoms with Gasteiger partial charge in [-0.3, -0.25) is 9.59 Å². The molecule has 6 heteroatoms. The Balaban J connectivity index is 0.000000445. The minimum absolute atomic E-state index is 0.0929. The van der Waals surface area contributed by atoms with E-state index in [-0.39, 0.29) is 22.6 Å². The van der Waals surface area contributed by atoms with E-state index in [4.69, 9.17) is 5.11 Å². The Morgan fingerprint density at radius 3 is 1.96 bits per heavy atom. The number of ketones is 2. The number of allylic oxidation sites excluding steroid dienone is 5. The van der Waals surface area contributed by atoms with E-state index < -0.39 is 17.5 Å². The van der Waals surface area contributed by atoms with E-state index >= 15 is 0 Å². The second-order valence-corrected chi connectivity index (χ2v) is 6.60. The van der Waals surface area contributed by atoms with Crippen LogP contribution < -0.4 is 0 Å². The zero-order valence-electron chi connectivity index (χ0n) is 15.9. The number of carbonyl (C=O) groups excluding carboxylic acids is 2. The summed E-state index contributed by atoms with van der Waals surface area (Å²) in [6.45, 7) is 7.41. The summed E-state index contributed by atoms with van der Waals surface area (Å²) in [4.78, 5) is 34.0. The molecule has 0 spiro atoms. The van der Waals surface area contributed by atoms with Gasteiger partial charge in [0.25, 0.3) is 0 Å². The number of phenolic OH excluding ortho intramolecular Hbond substituents is 2. The van der Waals surface area contributed by atoms with Crippen LogP contribution in [0.5, 0.6) is 11.5 Å². The van der Waals surface area contributed by atoms with E-state index in [1.54, 1.807) is 13.8 Å². The Labute approximate surface area is 158 Å². The van der Waals surface area contributed by atoms with E-state index in [1.165, 1.54) is 24.3 Å². The number of rotatable bonds is 4. The van der Waals surface area contributed by atoms with Crippen LogP contribution in [-0.2, 0) is 4.79 Å². The second kappa shape index (κ2) is 9.52. The molecule has 27 heavy (non-hydrogen) atoms. The first-order valence-electron chi connectivity index (χ1n) is 8.40. The van der Waals surface area contributed by atoms with Crippen molar-refractivity contribution in [3.05, 3.63) is 58.2 Å². The summed E-state index contributed by atoms with van der Waals surface area (Å²) in [5.74, 6) is -2.27. The van der Waals surface area contributed by atoms with Crippen molar-refractivity contribution in [2.45, 2.75) is 40.5 Å². The van der Waals surface area contributed by atoms with Crippen LogP contribution in [0.3, 0.4) is 0 Å². The van der Waals surface area contributed by atoms with Crippen LogP contribution in [-0.4, -0.2) is 32.9 Å². The minimum atomic E-state index is -0.875. The second-order valence-electron chi connectivity index (χ2n) is 6.60. The fourth-order valence-electron chi connectivity index (χ4n) is 2.47. The molecule has 1 aromatic rings. The predicted molar refractivity (Wildman–Crippen MR) is 102 cm³/mol. The van der Waals surface area contributed by atoms with Crippen molar-refractivity contribution in [1.82, 2.24) is 0 Å². The molecule has 2 rings (SSSR count). The number of fused-ring (bicyclic) bond motifs is 1. The fraction of sp³-hybridized carbons (Fsp3) is 0.286. The molecule has 0 amide bonds. The summed E-state index contributed by atoms with van der Waals surface area (Å²) in [6.07, 6.45) is 5.49. The summed E-state index contributed by atoms with van der Waals surface area (Å²) in [6, 6.07) is 2.43. The third-order valence-electron chi connectivity index (χ3n) is 3.61. The van der Waals surface area contributed by atoms with Crippen molar-refractivity contribution in [3.8, 4) is 11.5 Å². The van der Waals surface area contributed by atoms with Crippen LogP contribution in [0.2, 0.25) is 0 Å².